The highest BCUT2D eigenvalue weighted by atomic mass is 35.5. The van der Waals surface area contributed by atoms with Gasteiger partial charge in [0.25, 0.3) is 0 Å². The summed E-state index contributed by atoms with van der Waals surface area (Å²) in [6, 6.07) is 3.90. The molecular formula is C10H14ClN. The van der Waals surface area contributed by atoms with Gasteiger partial charge in [0.1, 0.15) is 0 Å². The van der Waals surface area contributed by atoms with Crippen molar-refractivity contribution in [3.8, 4) is 0 Å². The van der Waals surface area contributed by atoms with Crippen molar-refractivity contribution in [1.29, 1.82) is 0 Å². The first-order chi connectivity index (χ1) is 5.54. The van der Waals surface area contributed by atoms with Crippen molar-refractivity contribution >= 4 is 17.3 Å². The second-order valence-corrected chi connectivity index (χ2v) is 3.74. The molecule has 0 aliphatic carbocycles. The van der Waals surface area contributed by atoms with Gasteiger partial charge in [-0.3, -0.25) is 0 Å². The molecule has 2 N–H and O–H groups in total. The molecule has 0 fully saturated rings. The average Bonchev–Trinajstić information content (AvgIpc) is 2.00. The number of nitrogen functional groups attached to an aromatic ring is 1. The van der Waals surface area contributed by atoms with Gasteiger partial charge in [-0.15, -0.1) is 0 Å². The maximum Gasteiger partial charge on any atom is 0.0455 e. The fourth-order valence-electron chi connectivity index (χ4n) is 1.23. The molecule has 0 amide bonds. The monoisotopic (exact) mass is 183 g/mol. The quantitative estimate of drug-likeness (QED) is 0.664. The van der Waals surface area contributed by atoms with Crippen molar-refractivity contribution in [2.75, 3.05) is 5.73 Å². The van der Waals surface area contributed by atoms with Crippen LogP contribution < -0.4 is 5.73 Å². The van der Waals surface area contributed by atoms with E-state index >= 15 is 0 Å². The molecular weight excluding hydrogens is 170 g/mol. The Kier molecular flexibility index (Phi) is 2.63. The van der Waals surface area contributed by atoms with Crippen molar-refractivity contribution in [3.63, 3.8) is 0 Å². The predicted octanol–water partition coefficient (Wildman–Crippen LogP) is 3.35. The van der Waals surface area contributed by atoms with Gasteiger partial charge < -0.3 is 5.73 Å². The van der Waals surface area contributed by atoms with E-state index in [-0.39, 0.29) is 0 Å². The van der Waals surface area contributed by atoms with Gasteiger partial charge >= 0.3 is 0 Å². The molecule has 0 spiro atoms. The van der Waals surface area contributed by atoms with Crippen LogP contribution in [0.25, 0.3) is 0 Å². The summed E-state index contributed by atoms with van der Waals surface area (Å²) in [7, 11) is 0. The van der Waals surface area contributed by atoms with Crippen molar-refractivity contribution < 1.29 is 0 Å². The minimum Gasteiger partial charge on any atom is -0.398 e. The molecule has 0 bridgehead atoms. The molecule has 0 radical (unpaired) electrons. The standard InChI is InChI=1S/C10H14ClN/c1-6(2)8-4-5-9(11)7(3)10(8)12/h4-6H,12H2,1-3H3. The molecule has 0 saturated carbocycles. The molecule has 0 unspecified atom stereocenters. The lowest BCUT2D eigenvalue weighted by molar-refractivity contribution is 0.868. The summed E-state index contributed by atoms with van der Waals surface area (Å²) in [5.41, 5.74) is 8.90. The first-order valence-electron chi connectivity index (χ1n) is 4.08. The number of rotatable bonds is 1. The molecule has 1 rings (SSSR count). The highest BCUT2D eigenvalue weighted by Crippen LogP contribution is 2.29. The van der Waals surface area contributed by atoms with E-state index in [1.165, 1.54) is 5.56 Å². The van der Waals surface area contributed by atoms with Gasteiger partial charge in [0.05, 0.1) is 0 Å². The van der Waals surface area contributed by atoms with Gasteiger partial charge in [-0.1, -0.05) is 31.5 Å². The number of benzene rings is 1. The number of hydrogen-bond acceptors (Lipinski definition) is 1. The highest BCUT2D eigenvalue weighted by Gasteiger charge is 2.07. The van der Waals surface area contributed by atoms with Crippen LogP contribution in [0.5, 0.6) is 0 Å². The van der Waals surface area contributed by atoms with Crippen LogP contribution in [0.2, 0.25) is 5.02 Å². The normalized spacial score (nSPS) is 10.8. The summed E-state index contributed by atoms with van der Waals surface area (Å²) >= 11 is 5.91. The Morgan fingerprint density at radius 1 is 1.33 bits per heavy atom. The fraction of sp³-hybridized carbons (Fsp3) is 0.400. The van der Waals surface area contributed by atoms with E-state index in [0.717, 1.165) is 16.3 Å². The van der Waals surface area contributed by atoms with Gasteiger partial charge in [-0.2, -0.15) is 0 Å². The maximum atomic E-state index is 5.91. The predicted molar refractivity (Wildman–Crippen MR) is 54.7 cm³/mol. The van der Waals surface area contributed by atoms with E-state index in [4.69, 9.17) is 17.3 Å². The van der Waals surface area contributed by atoms with Crippen LogP contribution in [0, 0.1) is 6.92 Å². The van der Waals surface area contributed by atoms with E-state index in [1.807, 2.05) is 19.1 Å². The zero-order chi connectivity index (χ0) is 9.30. The third kappa shape index (κ3) is 1.56. The van der Waals surface area contributed by atoms with Crippen LogP contribution >= 0.6 is 11.6 Å². The molecule has 0 aromatic heterocycles. The fourth-order valence-corrected chi connectivity index (χ4v) is 1.39. The number of hydrogen-bond donors (Lipinski definition) is 1. The zero-order valence-corrected chi connectivity index (χ0v) is 8.44. The number of anilines is 1. The smallest absolute Gasteiger partial charge is 0.0455 e. The lowest BCUT2D eigenvalue weighted by Gasteiger charge is -2.12. The van der Waals surface area contributed by atoms with Gasteiger partial charge in [0, 0.05) is 10.7 Å². The van der Waals surface area contributed by atoms with Crippen LogP contribution in [0.4, 0.5) is 5.69 Å². The van der Waals surface area contributed by atoms with Gasteiger partial charge in [0.15, 0.2) is 0 Å². The minimum absolute atomic E-state index is 0.459. The van der Waals surface area contributed by atoms with Crippen molar-refractivity contribution in [3.05, 3.63) is 28.3 Å². The summed E-state index contributed by atoms with van der Waals surface area (Å²) in [5, 5.41) is 0.747. The van der Waals surface area contributed by atoms with Crippen molar-refractivity contribution in [1.82, 2.24) is 0 Å². The summed E-state index contributed by atoms with van der Waals surface area (Å²) in [6.45, 7) is 6.20. The molecule has 0 saturated heterocycles. The molecule has 0 aliphatic heterocycles. The third-order valence-electron chi connectivity index (χ3n) is 2.10. The molecule has 1 aromatic carbocycles. The van der Waals surface area contributed by atoms with Crippen LogP contribution in [-0.2, 0) is 0 Å². The van der Waals surface area contributed by atoms with E-state index in [1.54, 1.807) is 0 Å². The van der Waals surface area contributed by atoms with E-state index in [9.17, 15) is 0 Å². The van der Waals surface area contributed by atoms with E-state index in [0.29, 0.717) is 5.92 Å². The van der Waals surface area contributed by atoms with Gasteiger partial charge in [0.2, 0.25) is 0 Å². The lowest BCUT2D eigenvalue weighted by atomic mass is 9.99. The Morgan fingerprint density at radius 2 is 1.92 bits per heavy atom. The lowest BCUT2D eigenvalue weighted by Crippen LogP contribution is -1.99. The van der Waals surface area contributed by atoms with Gasteiger partial charge in [-0.25, -0.2) is 0 Å². The Bertz CT molecular complexity index is 292. The second kappa shape index (κ2) is 3.36. The third-order valence-corrected chi connectivity index (χ3v) is 2.51. The molecule has 0 aliphatic rings. The molecule has 66 valence electrons. The largest absolute Gasteiger partial charge is 0.398 e. The van der Waals surface area contributed by atoms with Crippen LogP contribution in [0.15, 0.2) is 12.1 Å². The van der Waals surface area contributed by atoms with Crippen molar-refractivity contribution in [2.45, 2.75) is 26.7 Å². The van der Waals surface area contributed by atoms with Crippen LogP contribution in [0.1, 0.15) is 30.9 Å². The van der Waals surface area contributed by atoms with E-state index < -0.39 is 0 Å². The Labute approximate surface area is 78.5 Å². The summed E-state index contributed by atoms with van der Waals surface area (Å²) < 4.78 is 0. The Morgan fingerprint density at radius 3 is 2.42 bits per heavy atom. The second-order valence-electron chi connectivity index (χ2n) is 3.33. The molecule has 12 heavy (non-hydrogen) atoms. The Balaban J connectivity index is 3.27. The topological polar surface area (TPSA) is 26.0 Å². The summed E-state index contributed by atoms with van der Waals surface area (Å²) in [6.07, 6.45) is 0. The SMILES string of the molecule is Cc1c(Cl)ccc(C(C)C)c1N. The van der Waals surface area contributed by atoms with E-state index in [2.05, 4.69) is 13.8 Å². The first kappa shape index (κ1) is 9.40. The van der Waals surface area contributed by atoms with Gasteiger partial charge in [-0.05, 0) is 30.0 Å². The highest BCUT2D eigenvalue weighted by molar-refractivity contribution is 6.31. The molecule has 2 heteroatoms. The minimum atomic E-state index is 0.459. The molecule has 1 nitrogen and oxygen atoms in total. The first-order valence-corrected chi connectivity index (χ1v) is 4.46. The molecule has 0 heterocycles. The number of halogens is 1. The van der Waals surface area contributed by atoms with Crippen LogP contribution in [0.3, 0.4) is 0 Å². The number of nitrogens with two attached hydrogens (primary N) is 1. The maximum absolute atomic E-state index is 5.91. The van der Waals surface area contributed by atoms with Crippen LogP contribution in [-0.4, -0.2) is 0 Å². The molecule has 0 atom stereocenters. The Hall–Kier alpha value is -0.690. The zero-order valence-electron chi connectivity index (χ0n) is 7.69. The van der Waals surface area contributed by atoms with Crippen molar-refractivity contribution in [2.24, 2.45) is 0 Å². The molecule has 1 aromatic rings. The summed E-state index contributed by atoms with van der Waals surface area (Å²) in [5.74, 6) is 0.459. The average molecular weight is 184 g/mol. The summed E-state index contributed by atoms with van der Waals surface area (Å²) in [4.78, 5) is 0.